The van der Waals surface area contributed by atoms with E-state index in [0.717, 1.165) is 28.2 Å². The van der Waals surface area contributed by atoms with Gasteiger partial charge in [0.1, 0.15) is 5.75 Å². The summed E-state index contributed by atoms with van der Waals surface area (Å²) in [6.07, 6.45) is 0. The number of aryl methyl sites for hydroxylation is 1. The van der Waals surface area contributed by atoms with Crippen LogP contribution in [-0.4, -0.2) is 28.9 Å². The second-order valence-corrected chi connectivity index (χ2v) is 6.98. The van der Waals surface area contributed by atoms with E-state index < -0.39 is 0 Å². The summed E-state index contributed by atoms with van der Waals surface area (Å²) in [7, 11) is 1.64. The van der Waals surface area contributed by atoms with Gasteiger partial charge in [-0.15, -0.1) is 11.8 Å². The summed E-state index contributed by atoms with van der Waals surface area (Å²) in [5, 5.41) is 6.77. The van der Waals surface area contributed by atoms with E-state index in [2.05, 4.69) is 15.5 Å². The number of nitrogens with one attached hydrogen (secondary N) is 1. The van der Waals surface area contributed by atoms with Crippen LogP contribution in [0, 0.1) is 6.92 Å². The number of carbonyl (C=O) groups excluding carboxylic acids is 1. The fraction of sp³-hybridized carbons (Fsp3) is 0.250. The van der Waals surface area contributed by atoms with Crippen LogP contribution in [-0.2, 0) is 17.1 Å². The number of aromatic nitrogens is 2. The lowest BCUT2D eigenvalue weighted by atomic mass is 10.1. The van der Waals surface area contributed by atoms with Gasteiger partial charge in [0.25, 0.3) is 0 Å². The first kappa shape index (κ1) is 19.0. The van der Waals surface area contributed by atoms with Gasteiger partial charge in [0.15, 0.2) is 0 Å². The molecule has 1 amide bonds. The van der Waals surface area contributed by atoms with Gasteiger partial charge in [0.2, 0.25) is 17.6 Å². The van der Waals surface area contributed by atoms with E-state index >= 15 is 0 Å². The number of methoxy groups -OCH3 is 1. The Morgan fingerprint density at radius 3 is 2.78 bits per heavy atom. The van der Waals surface area contributed by atoms with Crippen LogP contribution in [0.25, 0.3) is 11.4 Å². The third kappa shape index (κ3) is 5.59. The van der Waals surface area contributed by atoms with Crippen LogP contribution >= 0.6 is 11.8 Å². The van der Waals surface area contributed by atoms with Gasteiger partial charge < -0.3 is 14.6 Å². The normalized spacial score (nSPS) is 10.6. The maximum atomic E-state index is 12.0. The smallest absolute Gasteiger partial charge is 0.246 e. The molecule has 140 valence electrons. The standard InChI is InChI=1S/C20H21N3O3S/c1-14-4-3-5-16(10-14)20-22-19(26-23-20)11-21-18(24)13-27-12-15-6-8-17(25-2)9-7-15/h3-10H,11-13H2,1-2H3,(H,21,24). The predicted octanol–water partition coefficient (Wildman–Crippen LogP) is 3.60. The highest BCUT2D eigenvalue weighted by Crippen LogP contribution is 2.18. The number of ether oxygens (including phenoxy) is 1. The fourth-order valence-corrected chi connectivity index (χ4v) is 3.25. The minimum atomic E-state index is -0.0659. The molecule has 0 saturated carbocycles. The van der Waals surface area contributed by atoms with Crippen LogP contribution in [0.4, 0.5) is 0 Å². The van der Waals surface area contributed by atoms with E-state index in [-0.39, 0.29) is 12.5 Å². The molecule has 1 heterocycles. The quantitative estimate of drug-likeness (QED) is 0.640. The zero-order valence-corrected chi connectivity index (χ0v) is 16.1. The Balaban J connectivity index is 1.42. The number of rotatable bonds is 8. The first-order chi connectivity index (χ1) is 13.1. The summed E-state index contributed by atoms with van der Waals surface area (Å²) in [6, 6.07) is 15.7. The van der Waals surface area contributed by atoms with E-state index in [1.165, 1.54) is 0 Å². The highest BCUT2D eigenvalue weighted by molar-refractivity contribution is 7.99. The lowest BCUT2D eigenvalue weighted by molar-refractivity contribution is -0.118. The van der Waals surface area contributed by atoms with Crippen LogP contribution in [0.5, 0.6) is 5.75 Å². The number of hydrogen-bond donors (Lipinski definition) is 1. The molecule has 0 radical (unpaired) electrons. The van der Waals surface area contributed by atoms with Crippen molar-refractivity contribution in [2.24, 2.45) is 0 Å². The monoisotopic (exact) mass is 383 g/mol. The van der Waals surface area contributed by atoms with Gasteiger partial charge in [-0.25, -0.2) is 0 Å². The summed E-state index contributed by atoms with van der Waals surface area (Å²) >= 11 is 1.55. The Bertz CT molecular complexity index is 893. The number of hydrogen-bond acceptors (Lipinski definition) is 6. The second-order valence-electron chi connectivity index (χ2n) is 6.00. The van der Waals surface area contributed by atoms with Crippen LogP contribution < -0.4 is 10.1 Å². The van der Waals surface area contributed by atoms with E-state index in [0.29, 0.717) is 17.5 Å². The summed E-state index contributed by atoms with van der Waals surface area (Å²) in [5.74, 6) is 2.80. The van der Waals surface area contributed by atoms with Crippen molar-refractivity contribution in [3.05, 3.63) is 65.5 Å². The molecule has 3 aromatic rings. The summed E-state index contributed by atoms with van der Waals surface area (Å²) in [6.45, 7) is 2.23. The molecule has 0 atom stereocenters. The summed E-state index contributed by atoms with van der Waals surface area (Å²) in [5.41, 5.74) is 3.17. The lowest BCUT2D eigenvalue weighted by Crippen LogP contribution is -2.24. The summed E-state index contributed by atoms with van der Waals surface area (Å²) < 4.78 is 10.3. The molecule has 7 heteroatoms. The Hall–Kier alpha value is -2.80. The van der Waals surface area contributed by atoms with Gasteiger partial charge in [0.05, 0.1) is 19.4 Å². The fourth-order valence-electron chi connectivity index (χ4n) is 2.44. The molecule has 1 aromatic heterocycles. The van der Waals surface area contributed by atoms with Gasteiger partial charge in [-0.05, 0) is 30.7 Å². The zero-order valence-electron chi connectivity index (χ0n) is 15.3. The highest BCUT2D eigenvalue weighted by atomic mass is 32.2. The summed E-state index contributed by atoms with van der Waals surface area (Å²) in [4.78, 5) is 16.3. The Labute approximate surface area is 162 Å². The Morgan fingerprint density at radius 1 is 1.22 bits per heavy atom. The molecular weight excluding hydrogens is 362 g/mol. The molecule has 0 spiro atoms. The topological polar surface area (TPSA) is 77.2 Å². The SMILES string of the molecule is COc1ccc(CSCC(=O)NCc2nc(-c3cccc(C)c3)no2)cc1. The molecule has 0 bridgehead atoms. The van der Waals surface area contributed by atoms with Crippen molar-refractivity contribution in [1.29, 1.82) is 0 Å². The average Bonchev–Trinajstić information content (AvgIpc) is 3.16. The Morgan fingerprint density at radius 2 is 2.04 bits per heavy atom. The van der Waals surface area contributed by atoms with Gasteiger partial charge in [-0.3, -0.25) is 4.79 Å². The van der Waals surface area contributed by atoms with Crippen LogP contribution in [0.1, 0.15) is 17.0 Å². The van der Waals surface area contributed by atoms with Crippen molar-refractivity contribution in [2.75, 3.05) is 12.9 Å². The number of carbonyl (C=O) groups is 1. The Kier molecular flexibility index (Phi) is 6.49. The lowest BCUT2D eigenvalue weighted by Gasteiger charge is -2.04. The van der Waals surface area contributed by atoms with E-state index in [9.17, 15) is 4.79 Å². The highest BCUT2D eigenvalue weighted by Gasteiger charge is 2.10. The van der Waals surface area contributed by atoms with Gasteiger partial charge in [-0.1, -0.05) is 41.1 Å². The molecular formula is C20H21N3O3S. The van der Waals surface area contributed by atoms with Crippen molar-refractivity contribution in [3.8, 4) is 17.1 Å². The van der Waals surface area contributed by atoms with Crippen molar-refractivity contribution in [2.45, 2.75) is 19.2 Å². The molecule has 0 unspecified atom stereocenters. The average molecular weight is 383 g/mol. The zero-order chi connectivity index (χ0) is 19.1. The maximum absolute atomic E-state index is 12.0. The van der Waals surface area contributed by atoms with Gasteiger partial charge in [0, 0.05) is 11.3 Å². The largest absolute Gasteiger partial charge is 0.497 e. The van der Waals surface area contributed by atoms with Gasteiger partial charge in [-0.2, -0.15) is 4.98 Å². The van der Waals surface area contributed by atoms with Crippen molar-refractivity contribution < 1.29 is 14.1 Å². The van der Waals surface area contributed by atoms with Crippen molar-refractivity contribution in [1.82, 2.24) is 15.5 Å². The van der Waals surface area contributed by atoms with E-state index in [4.69, 9.17) is 9.26 Å². The number of benzene rings is 2. The minimum absolute atomic E-state index is 0.0659. The molecule has 0 saturated heterocycles. The molecule has 0 aliphatic carbocycles. The third-order valence-corrected chi connectivity index (χ3v) is 4.85. The van der Waals surface area contributed by atoms with Crippen LogP contribution in [0.15, 0.2) is 53.1 Å². The van der Waals surface area contributed by atoms with Crippen molar-refractivity contribution in [3.63, 3.8) is 0 Å². The first-order valence-electron chi connectivity index (χ1n) is 8.51. The van der Waals surface area contributed by atoms with E-state index in [1.807, 2.05) is 55.5 Å². The predicted molar refractivity (Wildman–Crippen MR) is 105 cm³/mol. The number of amides is 1. The minimum Gasteiger partial charge on any atom is -0.497 e. The van der Waals surface area contributed by atoms with Crippen LogP contribution in [0.2, 0.25) is 0 Å². The molecule has 27 heavy (non-hydrogen) atoms. The van der Waals surface area contributed by atoms with Gasteiger partial charge >= 0.3 is 0 Å². The maximum Gasteiger partial charge on any atom is 0.246 e. The molecule has 0 aliphatic rings. The molecule has 0 aliphatic heterocycles. The number of nitrogens with zero attached hydrogens (tertiary/aromatic N) is 2. The molecule has 1 N–H and O–H groups in total. The number of thioether (sulfide) groups is 1. The second kappa shape index (κ2) is 9.23. The molecule has 2 aromatic carbocycles. The third-order valence-electron chi connectivity index (χ3n) is 3.84. The van der Waals surface area contributed by atoms with Crippen LogP contribution in [0.3, 0.4) is 0 Å². The molecule has 6 nitrogen and oxygen atoms in total. The first-order valence-corrected chi connectivity index (χ1v) is 9.66. The van der Waals surface area contributed by atoms with E-state index in [1.54, 1.807) is 18.9 Å². The molecule has 0 fully saturated rings. The molecule has 3 rings (SSSR count). The van der Waals surface area contributed by atoms with Crippen molar-refractivity contribution >= 4 is 17.7 Å².